The molecule has 0 radical (unpaired) electrons. The third-order valence-corrected chi connectivity index (χ3v) is 4.25. The van der Waals surface area contributed by atoms with E-state index in [4.69, 9.17) is 9.47 Å². The van der Waals surface area contributed by atoms with Gasteiger partial charge in [0.25, 0.3) is 11.7 Å². The fraction of sp³-hybridized carbons (Fsp3) is 0.211. The maximum Gasteiger partial charge on any atom is 0.300 e. The average Bonchev–Trinajstić information content (AvgIpc) is 2.92. The zero-order valence-corrected chi connectivity index (χ0v) is 14.6. The molecular weight excluding hydrogens is 336 g/mol. The highest BCUT2D eigenvalue weighted by molar-refractivity contribution is 6.52. The first-order valence-electron chi connectivity index (χ1n) is 7.97. The highest BCUT2D eigenvalue weighted by Crippen LogP contribution is 2.32. The minimum Gasteiger partial charge on any atom is -0.497 e. The molecule has 7 nitrogen and oxygen atoms in total. The number of hydrogen-bond donors (Lipinski definition) is 1. The smallest absolute Gasteiger partial charge is 0.300 e. The number of ether oxygens (including phenoxy) is 2. The van der Waals surface area contributed by atoms with Crippen molar-refractivity contribution in [1.29, 1.82) is 0 Å². The summed E-state index contributed by atoms with van der Waals surface area (Å²) in [5, 5.41) is 2.73. The number of hydrogen-bond acceptors (Lipinski definition) is 5. The van der Waals surface area contributed by atoms with Crippen LogP contribution in [0.5, 0.6) is 11.5 Å². The second-order valence-corrected chi connectivity index (χ2v) is 5.75. The fourth-order valence-corrected chi connectivity index (χ4v) is 2.86. The average molecular weight is 354 g/mol. The van der Waals surface area contributed by atoms with Crippen molar-refractivity contribution in [3.8, 4) is 11.5 Å². The SMILES string of the molecule is COc1ccc(OC)c(NC(=O)C(C)N2C(=O)C(=O)c3ccccc32)c1. The molecule has 0 saturated heterocycles. The van der Waals surface area contributed by atoms with Crippen molar-refractivity contribution in [1.82, 2.24) is 0 Å². The highest BCUT2D eigenvalue weighted by atomic mass is 16.5. The van der Waals surface area contributed by atoms with Gasteiger partial charge in [0.1, 0.15) is 17.5 Å². The maximum absolute atomic E-state index is 12.7. The van der Waals surface area contributed by atoms with Gasteiger partial charge in [-0.3, -0.25) is 19.3 Å². The minimum atomic E-state index is -0.883. The van der Waals surface area contributed by atoms with Crippen molar-refractivity contribution in [2.45, 2.75) is 13.0 Å². The van der Waals surface area contributed by atoms with Crippen LogP contribution in [-0.2, 0) is 9.59 Å². The Labute approximate surface area is 150 Å². The fourth-order valence-electron chi connectivity index (χ4n) is 2.86. The van der Waals surface area contributed by atoms with Crippen LogP contribution >= 0.6 is 0 Å². The van der Waals surface area contributed by atoms with Gasteiger partial charge in [0, 0.05) is 6.07 Å². The van der Waals surface area contributed by atoms with E-state index in [-0.39, 0.29) is 0 Å². The Bertz CT molecular complexity index is 893. The number of rotatable bonds is 5. The second-order valence-electron chi connectivity index (χ2n) is 5.75. The summed E-state index contributed by atoms with van der Waals surface area (Å²) in [6.45, 7) is 1.56. The molecular formula is C19H18N2O5. The lowest BCUT2D eigenvalue weighted by Crippen LogP contribution is -2.45. The minimum absolute atomic E-state index is 0.302. The Balaban J connectivity index is 1.87. The van der Waals surface area contributed by atoms with Crippen LogP contribution in [0.3, 0.4) is 0 Å². The molecule has 0 aliphatic carbocycles. The number of benzene rings is 2. The van der Waals surface area contributed by atoms with E-state index in [1.807, 2.05) is 0 Å². The Morgan fingerprint density at radius 2 is 1.81 bits per heavy atom. The third-order valence-electron chi connectivity index (χ3n) is 4.25. The number of Topliss-reactive ketones (excluding diaryl/α,β-unsaturated/α-hetero) is 1. The number of nitrogens with zero attached hydrogens (tertiary/aromatic N) is 1. The predicted molar refractivity (Wildman–Crippen MR) is 95.9 cm³/mol. The number of ketones is 1. The van der Waals surface area contributed by atoms with E-state index >= 15 is 0 Å². The molecule has 1 N–H and O–H groups in total. The Hall–Kier alpha value is -3.35. The van der Waals surface area contributed by atoms with E-state index in [1.165, 1.54) is 19.1 Å². The van der Waals surface area contributed by atoms with Gasteiger partial charge in [-0.25, -0.2) is 0 Å². The van der Waals surface area contributed by atoms with E-state index in [9.17, 15) is 14.4 Å². The Morgan fingerprint density at radius 3 is 2.50 bits per heavy atom. The molecule has 2 amide bonds. The van der Waals surface area contributed by atoms with Crippen LogP contribution in [0.15, 0.2) is 42.5 Å². The predicted octanol–water partition coefficient (Wildman–Crippen LogP) is 2.26. The van der Waals surface area contributed by atoms with Gasteiger partial charge in [0.05, 0.1) is 31.2 Å². The van der Waals surface area contributed by atoms with Gasteiger partial charge >= 0.3 is 0 Å². The summed E-state index contributed by atoms with van der Waals surface area (Å²) in [6, 6.07) is 10.7. The van der Waals surface area contributed by atoms with Gasteiger partial charge in [0.2, 0.25) is 5.91 Å². The molecule has 2 aromatic carbocycles. The molecule has 1 atom stereocenters. The molecule has 7 heteroatoms. The van der Waals surface area contributed by atoms with E-state index in [2.05, 4.69) is 5.32 Å². The maximum atomic E-state index is 12.7. The molecule has 1 unspecified atom stereocenters. The lowest BCUT2D eigenvalue weighted by Gasteiger charge is -2.24. The van der Waals surface area contributed by atoms with E-state index in [1.54, 1.807) is 49.4 Å². The van der Waals surface area contributed by atoms with Gasteiger partial charge in [-0.15, -0.1) is 0 Å². The summed E-state index contributed by atoms with van der Waals surface area (Å²) in [7, 11) is 3.00. The van der Waals surface area contributed by atoms with E-state index in [0.29, 0.717) is 28.4 Å². The molecule has 134 valence electrons. The lowest BCUT2D eigenvalue weighted by atomic mass is 10.1. The Kier molecular flexibility index (Phi) is 4.62. The molecule has 0 aromatic heterocycles. The largest absolute Gasteiger partial charge is 0.497 e. The van der Waals surface area contributed by atoms with Gasteiger partial charge in [0.15, 0.2) is 0 Å². The van der Waals surface area contributed by atoms with Crippen LogP contribution in [-0.4, -0.2) is 37.9 Å². The number of amides is 2. The van der Waals surface area contributed by atoms with Crippen LogP contribution in [0.25, 0.3) is 0 Å². The summed E-state index contributed by atoms with van der Waals surface area (Å²) in [5.41, 5.74) is 1.15. The van der Waals surface area contributed by atoms with Gasteiger partial charge in [-0.1, -0.05) is 12.1 Å². The monoisotopic (exact) mass is 354 g/mol. The zero-order chi connectivity index (χ0) is 18.8. The van der Waals surface area contributed by atoms with Crippen molar-refractivity contribution in [2.24, 2.45) is 0 Å². The van der Waals surface area contributed by atoms with Crippen molar-refractivity contribution in [3.05, 3.63) is 48.0 Å². The summed E-state index contributed by atoms with van der Waals surface area (Å²) in [5.74, 6) is -0.776. The summed E-state index contributed by atoms with van der Waals surface area (Å²) >= 11 is 0. The first-order valence-corrected chi connectivity index (χ1v) is 7.97. The molecule has 0 spiro atoms. The molecule has 1 heterocycles. The van der Waals surface area contributed by atoms with Crippen molar-refractivity contribution >= 4 is 29.0 Å². The summed E-state index contributed by atoms with van der Waals surface area (Å²) in [4.78, 5) is 38.4. The standard InChI is InChI=1S/C19H18N2O5/c1-11(21-15-7-5-4-6-13(15)17(22)19(21)24)18(23)20-14-10-12(25-2)8-9-16(14)26-3/h4-11H,1-3H3,(H,20,23). The van der Waals surface area contributed by atoms with Crippen molar-refractivity contribution in [3.63, 3.8) is 0 Å². The highest BCUT2D eigenvalue weighted by Gasteiger charge is 2.40. The topological polar surface area (TPSA) is 84.9 Å². The number of para-hydroxylation sites is 1. The van der Waals surface area contributed by atoms with Gasteiger partial charge in [-0.2, -0.15) is 0 Å². The number of carbonyl (C=O) groups excluding carboxylic acids is 3. The molecule has 0 bridgehead atoms. The normalized spacial score (nSPS) is 14.0. The number of fused-ring (bicyclic) bond motifs is 1. The van der Waals surface area contributed by atoms with Crippen LogP contribution in [0, 0.1) is 0 Å². The number of nitrogens with one attached hydrogen (secondary N) is 1. The van der Waals surface area contributed by atoms with E-state index < -0.39 is 23.6 Å². The van der Waals surface area contributed by atoms with Crippen LogP contribution in [0.4, 0.5) is 11.4 Å². The molecule has 3 rings (SSSR count). The molecule has 1 aliphatic heterocycles. The quantitative estimate of drug-likeness (QED) is 0.833. The molecule has 2 aromatic rings. The Morgan fingerprint density at radius 1 is 1.08 bits per heavy atom. The van der Waals surface area contributed by atoms with Crippen LogP contribution in [0.2, 0.25) is 0 Å². The number of methoxy groups -OCH3 is 2. The van der Waals surface area contributed by atoms with Crippen LogP contribution < -0.4 is 19.7 Å². The molecule has 0 saturated carbocycles. The van der Waals surface area contributed by atoms with E-state index in [0.717, 1.165) is 0 Å². The first kappa shape index (κ1) is 17.5. The summed E-state index contributed by atoms with van der Waals surface area (Å²) < 4.78 is 10.4. The van der Waals surface area contributed by atoms with Crippen molar-refractivity contribution in [2.75, 3.05) is 24.4 Å². The van der Waals surface area contributed by atoms with Crippen molar-refractivity contribution < 1.29 is 23.9 Å². The first-order chi connectivity index (χ1) is 12.5. The molecule has 26 heavy (non-hydrogen) atoms. The zero-order valence-electron chi connectivity index (χ0n) is 14.6. The molecule has 0 fully saturated rings. The van der Waals surface area contributed by atoms with Gasteiger partial charge < -0.3 is 14.8 Å². The number of anilines is 2. The third kappa shape index (κ3) is 2.88. The summed E-state index contributed by atoms with van der Waals surface area (Å²) in [6.07, 6.45) is 0. The number of carbonyl (C=O) groups is 3. The van der Waals surface area contributed by atoms with Crippen LogP contribution in [0.1, 0.15) is 17.3 Å². The van der Waals surface area contributed by atoms with Gasteiger partial charge in [-0.05, 0) is 31.2 Å². The second kappa shape index (κ2) is 6.87. The molecule has 1 aliphatic rings. The lowest BCUT2D eigenvalue weighted by molar-refractivity contribution is -0.120.